The molecule has 0 aliphatic rings. The van der Waals surface area contributed by atoms with Crippen LogP contribution in [0.5, 0.6) is 5.75 Å². The number of hydrogen-bond donors (Lipinski definition) is 1. The molecule has 72 valence electrons. The van der Waals surface area contributed by atoms with Crippen molar-refractivity contribution in [2.24, 2.45) is 0 Å². The van der Waals surface area contributed by atoms with Crippen LogP contribution in [0, 0.1) is 0 Å². The first-order chi connectivity index (χ1) is 6.70. The molecular formula is C9H7BrN2O2. The van der Waals surface area contributed by atoms with Crippen molar-refractivity contribution in [2.45, 2.75) is 0 Å². The fraction of sp³-hybridized carbons (Fsp3) is 0.111. The van der Waals surface area contributed by atoms with Gasteiger partial charge in [0.05, 0.1) is 18.8 Å². The van der Waals surface area contributed by atoms with Crippen LogP contribution in [0.1, 0.15) is 0 Å². The van der Waals surface area contributed by atoms with Gasteiger partial charge >= 0.3 is 0 Å². The van der Waals surface area contributed by atoms with Crippen molar-refractivity contribution in [3.8, 4) is 5.75 Å². The fourth-order valence-corrected chi connectivity index (χ4v) is 1.75. The Morgan fingerprint density at radius 2 is 2.29 bits per heavy atom. The second-order valence-corrected chi connectivity index (χ2v) is 3.61. The summed E-state index contributed by atoms with van der Waals surface area (Å²) >= 11 is 3.35. The molecule has 0 unspecified atom stereocenters. The van der Waals surface area contributed by atoms with E-state index in [-0.39, 0.29) is 5.56 Å². The molecule has 4 nitrogen and oxygen atoms in total. The molecule has 0 fully saturated rings. The van der Waals surface area contributed by atoms with Gasteiger partial charge in [-0.25, -0.2) is 4.98 Å². The van der Waals surface area contributed by atoms with Gasteiger partial charge < -0.3 is 9.72 Å². The van der Waals surface area contributed by atoms with Crippen molar-refractivity contribution in [2.75, 3.05) is 7.11 Å². The maximum Gasteiger partial charge on any atom is 0.266 e. The topological polar surface area (TPSA) is 55.0 Å². The fourth-order valence-electron chi connectivity index (χ4n) is 1.21. The Labute approximate surface area is 88.1 Å². The minimum absolute atomic E-state index is 0.224. The molecule has 1 aromatic heterocycles. The van der Waals surface area contributed by atoms with Gasteiger partial charge in [0.1, 0.15) is 11.3 Å². The van der Waals surface area contributed by atoms with Gasteiger partial charge in [0.25, 0.3) is 5.56 Å². The summed E-state index contributed by atoms with van der Waals surface area (Å²) in [5.41, 5.74) is 1.15. The monoisotopic (exact) mass is 254 g/mol. The van der Waals surface area contributed by atoms with E-state index < -0.39 is 0 Å². The average Bonchev–Trinajstić information content (AvgIpc) is 2.16. The van der Waals surface area contributed by atoms with Gasteiger partial charge in [-0.3, -0.25) is 4.79 Å². The molecule has 0 atom stereocenters. The predicted molar refractivity (Wildman–Crippen MR) is 56.6 cm³/mol. The second kappa shape index (κ2) is 3.42. The van der Waals surface area contributed by atoms with E-state index in [4.69, 9.17) is 4.74 Å². The van der Waals surface area contributed by atoms with Gasteiger partial charge in [0, 0.05) is 10.5 Å². The molecule has 14 heavy (non-hydrogen) atoms. The SMILES string of the molecule is COc1cc(Br)c2ncc(=O)[nH]c2c1. The van der Waals surface area contributed by atoms with E-state index in [1.165, 1.54) is 6.20 Å². The van der Waals surface area contributed by atoms with Crippen LogP contribution < -0.4 is 10.3 Å². The van der Waals surface area contributed by atoms with E-state index in [0.29, 0.717) is 16.8 Å². The summed E-state index contributed by atoms with van der Waals surface area (Å²) in [6, 6.07) is 3.53. The summed E-state index contributed by atoms with van der Waals surface area (Å²) in [4.78, 5) is 17.7. The van der Waals surface area contributed by atoms with E-state index in [2.05, 4.69) is 25.9 Å². The lowest BCUT2D eigenvalue weighted by Crippen LogP contribution is -2.05. The van der Waals surface area contributed by atoms with Crippen LogP contribution >= 0.6 is 15.9 Å². The molecule has 0 spiro atoms. The van der Waals surface area contributed by atoms with Crippen molar-refractivity contribution >= 4 is 27.0 Å². The average molecular weight is 255 g/mol. The Morgan fingerprint density at radius 1 is 1.50 bits per heavy atom. The first-order valence-electron chi connectivity index (χ1n) is 3.93. The number of nitrogens with zero attached hydrogens (tertiary/aromatic N) is 1. The highest BCUT2D eigenvalue weighted by molar-refractivity contribution is 9.10. The van der Waals surface area contributed by atoms with Gasteiger partial charge in [-0.1, -0.05) is 0 Å². The van der Waals surface area contributed by atoms with Crippen LogP contribution in [0.2, 0.25) is 0 Å². The number of benzene rings is 1. The third kappa shape index (κ3) is 1.50. The highest BCUT2D eigenvalue weighted by Gasteiger charge is 2.03. The molecule has 5 heteroatoms. The Morgan fingerprint density at radius 3 is 3.00 bits per heavy atom. The van der Waals surface area contributed by atoms with E-state index in [1.54, 1.807) is 19.2 Å². The van der Waals surface area contributed by atoms with E-state index in [9.17, 15) is 4.79 Å². The van der Waals surface area contributed by atoms with Crippen LogP contribution in [0.25, 0.3) is 11.0 Å². The molecule has 0 saturated carbocycles. The predicted octanol–water partition coefficient (Wildman–Crippen LogP) is 1.69. The maximum absolute atomic E-state index is 11.0. The quantitative estimate of drug-likeness (QED) is 0.843. The minimum Gasteiger partial charge on any atom is -0.497 e. The Hall–Kier alpha value is -1.36. The van der Waals surface area contributed by atoms with Gasteiger partial charge in [-0.2, -0.15) is 0 Å². The van der Waals surface area contributed by atoms with Gasteiger partial charge in [-0.15, -0.1) is 0 Å². The van der Waals surface area contributed by atoms with Gasteiger partial charge in [0.15, 0.2) is 0 Å². The molecular weight excluding hydrogens is 248 g/mol. The largest absolute Gasteiger partial charge is 0.497 e. The zero-order valence-electron chi connectivity index (χ0n) is 7.37. The van der Waals surface area contributed by atoms with Crippen LogP contribution in [0.3, 0.4) is 0 Å². The minimum atomic E-state index is -0.224. The van der Waals surface area contributed by atoms with E-state index in [1.807, 2.05) is 0 Å². The highest BCUT2D eigenvalue weighted by Crippen LogP contribution is 2.25. The molecule has 2 rings (SSSR count). The smallest absolute Gasteiger partial charge is 0.266 e. The molecule has 1 N–H and O–H groups in total. The summed E-state index contributed by atoms with van der Waals surface area (Å²) in [5.74, 6) is 0.674. The molecule has 0 aliphatic heterocycles. The third-order valence-electron chi connectivity index (χ3n) is 1.84. The van der Waals surface area contributed by atoms with Crippen LogP contribution in [0.4, 0.5) is 0 Å². The Kier molecular flexibility index (Phi) is 2.25. The summed E-state index contributed by atoms with van der Waals surface area (Å²) < 4.78 is 5.86. The molecule has 2 aromatic rings. The highest BCUT2D eigenvalue weighted by atomic mass is 79.9. The van der Waals surface area contributed by atoms with Crippen LogP contribution in [0.15, 0.2) is 27.6 Å². The van der Waals surface area contributed by atoms with Crippen LogP contribution in [-0.4, -0.2) is 17.1 Å². The van der Waals surface area contributed by atoms with Gasteiger partial charge in [0.2, 0.25) is 0 Å². The summed E-state index contributed by atoms with van der Waals surface area (Å²) in [7, 11) is 1.57. The molecule has 1 aromatic carbocycles. The summed E-state index contributed by atoms with van der Waals surface area (Å²) in [5, 5.41) is 0. The molecule has 1 heterocycles. The first kappa shape index (κ1) is 9.21. The van der Waals surface area contributed by atoms with E-state index >= 15 is 0 Å². The lowest BCUT2D eigenvalue weighted by molar-refractivity contribution is 0.415. The van der Waals surface area contributed by atoms with E-state index in [0.717, 1.165) is 4.47 Å². The molecule has 0 saturated heterocycles. The summed E-state index contributed by atoms with van der Waals surface area (Å²) in [6.45, 7) is 0. The number of nitrogens with one attached hydrogen (secondary N) is 1. The first-order valence-corrected chi connectivity index (χ1v) is 4.72. The standard InChI is InChI=1S/C9H7BrN2O2/c1-14-5-2-6(10)9-7(3-5)12-8(13)4-11-9/h2-4H,1H3,(H,12,13). The lowest BCUT2D eigenvalue weighted by Gasteiger charge is -2.03. The number of H-pyrrole nitrogens is 1. The Bertz CT molecular complexity index is 536. The second-order valence-electron chi connectivity index (χ2n) is 2.75. The lowest BCUT2D eigenvalue weighted by atomic mass is 10.3. The molecule has 0 aliphatic carbocycles. The third-order valence-corrected chi connectivity index (χ3v) is 2.45. The normalized spacial score (nSPS) is 10.4. The van der Waals surface area contributed by atoms with Crippen molar-refractivity contribution in [3.63, 3.8) is 0 Å². The number of fused-ring (bicyclic) bond motifs is 1. The van der Waals surface area contributed by atoms with Crippen molar-refractivity contribution in [3.05, 3.63) is 33.2 Å². The number of halogens is 1. The number of aromatic amines is 1. The number of methoxy groups -OCH3 is 1. The Balaban J connectivity index is 2.83. The molecule has 0 bridgehead atoms. The zero-order chi connectivity index (χ0) is 10.1. The zero-order valence-corrected chi connectivity index (χ0v) is 8.96. The molecule has 0 radical (unpaired) electrons. The maximum atomic E-state index is 11.0. The van der Waals surface area contributed by atoms with Crippen molar-refractivity contribution in [1.29, 1.82) is 0 Å². The van der Waals surface area contributed by atoms with Gasteiger partial charge in [-0.05, 0) is 22.0 Å². The van der Waals surface area contributed by atoms with Crippen LogP contribution in [-0.2, 0) is 0 Å². The number of rotatable bonds is 1. The number of aromatic nitrogens is 2. The number of hydrogen-bond acceptors (Lipinski definition) is 3. The summed E-state index contributed by atoms with van der Waals surface area (Å²) in [6.07, 6.45) is 1.25. The van der Waals surface area contributed by atoms with Crippen molar-refractivity contribution in [1.82, 2.24) is 9.97 Å². The number of ether oxygens (including phenoxy) is 1. The molecule has 0 amide bonds. The van der Waals surface area contributed by atoms with Crippen molar-refractivity contribution < 1.29 is 4.74 Å².